The number of aromatic nitrogens is 3. The van der Waals surface area contributed by atoms with Gasteiger partial charge < -0.3 is 15.0 Å². The van der Waals surface area contributed by atoms with Crippen LogP contribution in [0.5, 0.6) is 0 Å². The van der Waals surface area contributed by atoms with Gasteiger partial charge in [-0.15, -0.1) is 10.2 Å². The Labute approximate surface area is 145 Å². The van der Waals surface area contributed by atoms with Crippen LogP contribution in [-0.2, 0) is 9.53 Å². The van der Waals surface area contributed by atoms with E-state index in [4.69, 9.17) is 4.74 Å². The lowest BCUT2D eigenvalue weighted by Gasteiger charge is -2.17. The van der Waals surface area contributed by atoms with Crippen LogP contribution in [0.25, 0.3) is 11.4 Å². The zero-order valence-electron chi connectivity index (χ0n) is 14.2. The summed E-state index contributed by atoms with van der Waals surface area (Å²) in [6.45, 7) is 2.60. The molecule has 0 radical (unpaired) electrons. The van der Waals surface area contributed by atoms with Gasteiger partial charge in [0, 0.05) is 12.2 Å². The molecule has 2 atom stereocenters. The molecule has 2 aromatic rings. The molecule has 25 heavy (non-hydrogen) atoms. The lowest BCUT2D eigenvalue weighted by Crippen LogP contribution is -2.35. The molecule has 1 aromatic carbocycles. The van der Waals surface area contributed by atoms with E-state index < -0.39 is 6.04 Å². The summed E-state index contributed by atoms with van der Waals surface area (Å²) in [5.41, 5.74) is 0.676. The molecule has 1 aromatic heterocycles. The lowest BCUT2D eigenvalue weighted by molar-refractivity contribution is -0.124. The molecule has 2 unspecified atom stereocenters. The summed E-state index contributed by atoms with van der Waals surface area (Å²) < 4.78 is 5.48. The van der Waals surface area contributed by atoms with Gasteiger partial charge in [0.15, 0.2) is 11.5 Å². The van der Waals surface area contributed by atoms with Crippen LogP contribution in [0.15, 0.2) is 35.1 Å². The second-order valence-corrected chi connectivity index (χ2v) is 6.12. The Morgan fingerprint density at radius 1 is 1.36 bits per heavy atom. The molecule has 1 aliphatic rings. The van der Waals surface area contributed by atoms with Crippen molar-refractivity contribution >= 4 is 5.91 Å². The quantitative estimate of drug-likeness (QED) is 0.836. The first-order valence-corrected chi connectivity index (χ1v) is 8.60. The number of amides is 1. The van der Waals surface area contributed by atoms with E-state index in [1.165, 1.54) is 0 Å². The molecule has 2 heterocycles. The van der Waals surface area contributed by atoms with Crippen molar-refractivity contribution in [1.82, 2.24) is 20.5 Å². The fourth-order valence-corrected chi connectivity index (χ4v) is 2.93. The van der Waals surface area contributed by atoms with Crippen LogP contribution in [0.2, 0.25) is 0 Å². The molecule has 0 bridgehead atoms. The normalized spacial score (nSPS) is 18.0. The van der Waals surface area contributed by atoms with Crippen molar-refractivity contribution in [1.29, 1.82) is 0 Å². The predicted molar refractivity (Wildman–Crippen MR) is 92.9 cm³/mol. The summed E-state index contributed by atoms with van der Waals surface area (Å²) in [5.74, 6) is 0.280. The number of hydrogen-bond acceptors (Lipinski definition) is 5. The smallest absolute Gasteiger partial charge is 0.275 e. The van der Waals surface area contributed by atoms with Crippen molar-refractivity contribution in [3.63, 3.8) is 0 Å². The second kappa shape index (κ2) is 8.02. The highest BCUT2D eigenvalue weighted by atomic mass is 16.5. The monoisotopic (exact) mass is 342 g/mol. The highest BCUT2D eigenvalue weighted by Crippen LogP contribution is 2.17. The zero-order valence-corrected chi connectivity index (χ0v) is 14.2. The Kier molecular flexibility index (Phi) is 5.55. The van der Waals surface area contributed by atoms with Gasteiger partial charge in [-0.25, -0.2) is 0 Å². The molecular weight excluding hydrogens is 320 g/mol. The number of ether oxygens (including phenoxy) is 1. The highest BCUT2D eigenvalue weighted by molar-refractivity contribution is 5.76. The number of rotatable bonds is 6. The van der Waals surface area contributed by atoms with Crippen molar-refractivity contribution in [3.8, 4) is 11.4 Å². The maximum atomic E-state index is 12.4. The third-order valence-corrected chi connectivity index (χ3v) is 4.28. The van der Waals surface area contributed by atoms with Gasteiger partial charge >= 0.3 is 0 Å². The van der Waals surface area contributed by atoms with E-state index in [0.717, 1.165) is 18.4 Å². The SMILES string of the molecule is CCC(NC(=O)CC1CCCO1)c1nnc(-c2ccccc2)[nH]c1=O. The molecule has 3 rings (SSSR count). The van der Waals surface area contributed by atoms with Gasteiger partial charge in [0.1, 0.15) is 0 Å². The first kappa shape index (κ1) is 17.3. The number of carbonyl (C=O) groups excluding carboxylic acids is 1. The first-order valence-electron chi connectivity index (χ1n) is 8.60. The molecule has 2 N–H and O–H groups in total. The average molecular weight is 342 g/mol. The number of carbonyl (C=O) groups is 1. The van der Waals surface area contributed by atoms with Crippen LogP contribution >= 0.6 is 0 Å². The van der Waals surface area contributed by atoms with E-state index in [1.54, 1.807) is 0 Å². The third kappa shape index (κ3) is 4.30. The zero-order chi connectivity index (χ0) is 17.6. The minimum atomic E-state index is -0.463. The Morgan fingerprint density at radius 3 is 2.80 bits per heavy atom. The topological polar surface area (TPSA) is 97.0 Å². The van der Waals surface area contributed by atoms with Crippen LogP contribution < -0.4 is 10.9 Å². The second-order valence-electron chi connectivity index (χ2n) is 6.12. The Bertz CT molecular complexity index is 769. The highest BCUT2D eigenvalue weighted by Gasteiger charge is 2.23. The van der Waals surface area contributed by atoms with E-state index in [2.05, 4.69) is 20.5 Å². The van der Waals surface area contributed by atoms with Crippen molar-refractivity contribution < 1.29 is 9.53 Å². The Morgan fingerprint density at radius 2 is 2.16 bits per heavy atom. The van der Waals surface area contributed by atoms with Crippen molar-refractivity contribution in [2.75, 3.05) is 6.61 Å². The van der Waals surface area contributed by atoms with Crippen LogP contribution in [0.1, 0.15) is 44.3 Å². The van der Waals surface area contributed by atoms with Gasteiger partial charge in [0.05, 0.1) is 18.6 Å². The standard InChI is InChI=1S/C18H22N4O3/c1-2-14(19-15(23)11-13-9-6-10-25-13)16-18(24)20-17(22-21-16)12-7-4-3-5-8-12/h3-5,7-8,13-14H,2,6,9-11H2,1H3,(H,19,23)(H,20,22,24). The van der Waals surface area contributed by atoms with Crippen molar-refractivity contribution in [2.45, 2.75) is 44.8 Å². The lowest BCUT2D eigenvalue weighted by atomic mass is 10.1. The molecule has 1 amide bonds. The molecule has 7 nitrogen and oxygen atoms in total. The summed E-state index contributed by atoms with van der Waals surface area (Å²) in [5, 5.41) is 11.0. The maximum absolute atomic E-state index is 12.4. The van der Waals surface area contributed by atoms with E-state index in [9.17, 15) is 9.59 Å². The Hall–Kier alpha value is -2.54. The van der Waals surface area contributed by atoms with Crippen LogP contribution in [0.4, 0.5) is 0 Å². The van der Waals surface area contributed by atoms with Crippen LogP contribution in [0.3, 0.4) is 0 Å². The molecule has 0 spiro atoms. The minimum Gasteiger partial charge on any atom is -0.378 e. The van der Waals surface area contributed by atoms with Gasteiger partial charge in [0.25, 0.3) is 5.56 Å². The summed E-state index contributed by atoms with van der Waals surface area (Å²) >= 11 is 0. The number of nitrogens with zero attached hydrogens (tertiary/aromatic N) is 2. The molecule has 1 fully saturated rings. The fraction of sp³-hybridized carbons (Fsp3) is 0.444. The van der Waals surface area contributed by atoms with Crippen LogP contribution in [0, 0.1) is 0 Å². The number of H-pyrrole nitrogens is 1. The molecule has 0 saturated carbocycles. The number of nitrogens with one attached hydrogen (secondary N) is 2. The predicted octanol–water partition coefficient (Wildman–Crippen LogP) is 1.97. The van der Waals surface area contributed by atoms with Gasteiger partial charge in [0.2, 0.25) is 5.91 Å². The summed E-state index contributed by atoms with van der Waals surface area (Å²) in [4.78, 5) is 27.3. The fourth-order valence-electron chi connectivity index (χ4n) is 2.93. The summed E-state index contributed by atoms with van der Waals surface area (Å²) in [6.07, 6.45) is 2.73. The van der Waals surface area contributed by atoms with E-state index in [-0.39, 0.29) is 23.3 Å². The molecule has 0 aliphatic carbocycles. The molecular formula is C18H22N4O3. The molecule has 1 aliphatic heterocycles. The average Bonchev–Trinajstić information content (AvgIpc) is 3.13. The van der Waals surface area contributed by atoms with Crippen LogP contribution in [-0.4, -0.2) is 33.8 Å². The Balaban J connectivity index is 1.72. The third-order valence-electron chi connectivity index (χ3n) is 4.28. The minimum absolute atomic E-state index is 0.0256. The number of benzene rings is 1. The molecule has 7 heteroatoms. The first-order chi connectivity index (χ1) is 12.2. The largest absolute Gasteiger partial charge is 0.378 e. The van der Waals surface area contributed by atoms with Gasteiger partial charge in [-0.3, -0.25) is 9.59 Å². The molecule has 132 valence electrons. The van der Waals surface area contributed by atoms with E-state index in [1.807, 2.05) is 37.3 Å². The van der Waals surface area contributed by atoms with Crippen molar-refractivity contribution in [3.05, 3.63) is 46.4 Å². The van der Waals surface area contributed by atoms with Gasteiger partial charge in [-0.1, -0.05) is 37.3 Å². The summed E-state index contributed by atoms with van der Waals surface area (Å²) in [6, 6.07) is 8.85. The maximum Gasteiger partial charge on any atom is 0.275 e. The van der Waals surface area contributed by atoms with Gasteiger partial charge in [-0.2, -0.15) is 0 Å². The van der Waals surface area contributed by atoms with E-state index >= 15 is 0 Å². The van der Waals surface area contributed by atoms with E-state index in [0.29, 0.717) is 25.3 Å². The summed E-state index contributed by atoms with van der Waals surface area (Å²) in [7, 11) is 0. The number of hydrogen-bond donors (Lipinski definition) is 2. The number of aromatic amines is 1. The van der Waals surface area contributed by atoms with Gasteiger partial charge in [-0.05, 0) is 19.3 Å². The molecule has 1 saturated heterocycles. The van der Waals surface area contributed by atoms with Crippen molar-refractivity contribution in [2.24, 2.45) is 0 Å².